The second-order valence-electron chi connectivity index (χ2n) is 3.33. The maximum Gasteiger partial charge on any atom is 0.104 e. The Morgan fingerprint density at radius 2 is 2.00 bits per heavy atom. The van der Waals surface area contributed by atoms with E-state index in [-0.39, 0.29) is 0 Å². The fourth-order valence-electron chi connectivity index (χ4n) is 1.44. The Morgan fingerprint density at radius 1 is 1.38 bits per heavy atom. The van der Waals surface area contributed by atoms with E-state index >= 15 is 0 Å². The molecule has 0 heterocycles. The molecule has 1 aromatic rings. The number of hydrogen-bond donors (Lipinski definition) is 2. The molecule has 70 valence electrons. The van der Waals surface area contributed by atoms with E-state index in [1.54, 1.807) is 0 Å². The van der Waals surface area contributed by atoms with Crippen molar-refractivity contribution in [3.8, 4) is 0 Å². The molecule has 0 aromatic heterocycles. The summed E-state index contributed by atoms with van der Waals surface area (Å²) in [6.07, 6.45) is 0. The Bertz CT molecular complexity index is 332. The third-order valence-corrected chi connectivity index (χ3v) is 2.20. The zero-order chi connectivity index (χ0) is 10.0. The molecule has 1 rings (SSSR count). The van der Waals surface area contributed by atoms with Gasteiger partial charge in [-0.3, -0.25) is 0 Å². The number of rotatable bonds is 2. The van der Waals surface area contributed by atoms with E-state index in [0.717, 1.165) is 16.8 Å². The minimum absolute atomic E-state index is 0.345. The van der Waals surface area contributed by atoms with Crippen LogP contribution in [0.25, 0.3) is 0 Å². The predicted octanol–water partition coefficient (Wildman–Crippen LogP) is 2.03. The molecule has 0 saturated carbocycles. The SMILES string of the molecule is CC(C)c1c(N)cccc1C(N)=S. The average molecular weight is 194 g/mol. The third-order valence-electron chi connectivity index (χ3n) is 1.98. The number of hydrogen-bond acceptors (Lipinski definition) is 2. The largest absolute Gasteiger partial charge is 0.398 e. The molecule has 0 aliphatic rings. The fraction of sp³-hybridized carbons (Fsp3) is 0.300. The highest BCUT2D eigenvalue weighted by Gasteiger charge is 2.11. The fourth-order valence-corrected chi connectivity index (χ4v) is 1.62. The lowest BCUT2D eigenvalue weighted by molar-refractivity contribution is 0.867. The van der Waals surface area contributed by atoms with Crippen molar-refractivity contribution < 1.29 is 0 Å². The van der Waals surface area contributed by atoms with Gasteiger partial charge in [0.05, 0.1) is 0 Å². The minimum Gasteiger partial charge on any atom is -0.398 e. The first kappa shape index (κ1) is 9.99. The second kappa shape index (κ2) is 3.75. The van der Waals surface area contributed by atoms with Crippen LogP contribution in [0, 0.1) is 0 Å². The summed E-state index contributed by atoms with van der Waals surface area (Å²) in [5.74, 6) is 0.345. The van der Waals surface area contributed by atoms with Gasteiger partial charge in [-0.05, 0) is 17.5 Å². The Balaban J connectivity index is 3.34. The molecule has 3 heteroatoms. The van der Waals surface area contributed by atoms with Crippen LogP contribution in [-0.2, 0) is 0 Å². The average Bonchev–Trinajstić information content (AvgIpc) is 2.02. The van der Waals surface area contributed by atoms with E-state index in [4.69, 9.17) is 23.7 Å². The Morgan fingerprint density at radius 3 is 2.38 bits per heavy atom. The van der Waals surface area contributed by atoms with Crippen LogP contribution in [0.15, 0.2) is 18.2 Å². The van der Waals surface area contributed by atoms with E-state index in [1.807, 2.05) is 18.2 Å². The molecule has 4 N–H and O–H groups in total. The topological polar surface area (TPSA) is 52.0 Å². The number of thiocarbonyl (C=S) groups is 1. The molecule has 0 bridgehead atoms. The maximum absolute atomic E-state index is 5.84. The van der Waals surface area contributed by atoms with Gasteiger partial charge in [-0.25, -0.2) is 0 Å². The predicted molar refractivity (Wildman–Crippen MR) is 60.8 cm³/mol. The van der Waals surface area contributed by atoms with Gasteiger partial charge in [0.2, 0.25) is 0 Å². The standard InChI is InChI=1S/C10H14N2S/c1-6(2)9-7(10(12)13)4-3-5-8(9)11/h3-6H,11H2,1-2H3,(H2,12,13). The van der Waals surface area contributed by atoms with Gasteiger partial charge in [-0.2, -0.15) is 0 Å². The van der Waals surface area contributed by atoms with E-state index in [9.17, 15) is 0 Å². The first-order valence-corrected chi connectivity index (χ1v) is 4.63. The first-order valence-electron chi connectivity index (χ1n) is 4.22. The van der Waals surface area contributed by atoms with Crippen LogP contribution in [-0.4, -0.2) is 4.99 Å². The highest BCUT2D eigenvalue weighted by atomic mass is 32.1. The van der Waals surface area contributed by atoms with Crippen molar-refractivity contribution in [1.29, 1.82) is 0 Å². The second-order valence-corrected chi connectivity index (χ2v) is 3.77. The molecule has 0 aliphatic carbocycles. The van der Waals surface area contributed by atoms with Crippen LogP contribution in [0.5, 0.6) is 0 Å². The van der Waals surface area contributed by atoms with Crippen molar-refractivity contribution >= 4 is 22.9 Å². The molecule has 0 spiro atoms. The van der Waals surface area contributed by atoms with Gasteiger partial charge in [0.25, 0.3) is 0 Å². The Kier molecular flexibility index (Phi) is 2.88. The van der Waals surface area contributed by atoms with Gasteiger partial charge in [0, 0.05) is 11.3 Å². The van der Waals surface area contributed by atoms with Crippen molar-refractivity contribution in [2.24, 2.45) is 5.73 Å². The molecule has 0 saturated heterocycles. The number of benzene rings is 1. The highest BCUT2D eigenvalue weighted by Crippen LogP contribution is 2.25. The molecule has 13 heavy (non-hydrogen) atoms. The molecule has 0 radical (unpaired) electrons. The zero-order valence-corrected chi connectivity index (χ0v) is 8.69. The summed E-state index contributed by atoms with van der Waals surface area (Å²) in [7, 11) is 0. The number of nitrogen functional groups attached to an aromatic ring is 1. The van der Waals surface area contributed by atoms with E-state index in [0.29, 0.717) is 10.9 Å². The summed E-state index contributed by atoms with van der Waals surface area (Å²) in [5, 5.41) is 0. The monoisotopic (exact) mass is 194 g/mol. The van der Waals surface area contributed by atoms with E-state index < -0.39 is 0 Å². The summed E-state index contributed by atoms with van der Waals surface area (Å²) in [5.41, 5.74) is 14.2. The lowest BCUT2D eigenvalue weighted by Gasteiger charge is -2.14. The molecule has 0 amide bonds. The van der Waals surface area contributed by atoms with Crippen LogP contribution in [0.3, 0.4) is 0 Å². The van der Waals surface area contributed by atoms with Crippen molar-refractivity contribution in [3.05, 3.63) is 29.3 Å². The lowest BCUT2D eigenvalue weighted by atomic mass is 9.95. The highest BCUT2D eigenvalue weighted by molar-refractivity contribution is 7.80. The molecule has 2 nitrogen and oxygen atoms in total. The van der Waals surface area contributed by atoms with Crippen LogP contribution in [0.2, 0.25) is 0 Å². The maximum atomic E-state index is 5.84. The smallest absolute Gasteiger partial charge is 0.104 e. The molecule has 0 unspecified atom stereocenters. The summed E-state index contributed by atoms with van der Waals surface area (Å²) in [6.45, 7) is 4.15. The van der Waals surface area contributed by atoms with Gasteiger partial charge in [-0.1, -0.05) is 38.2 Å². The van der Waals surface area contributed by atoms with Gasteiger partial charge in [0.15, 0.2) is 0 Å². The number of nitrogens with two attached hydrogens (primary N) is 2. The summed E-state index contributed by atoms with van der Waals surface area (Å²) >= 11 is 4.95. The van der Waals surface area contributed by atoms with E-state index in [2.05, 4.69) is 13.8 Å². The van der Waals surface area contributed by atoms with Gasteiger partial charge < -0.3 is 11.5 Å². The lowest BCUT2D eigenvalue weighted by Crippen LogP contribution is -2.14. The molecule has 0 fully saturated rings. The molecular formula is C10H14N2S. The Labute approximate surface area is 83.9 Å². The quantitative estimate of drug-likeness (QED) is 0.559. The summed E-state index contributed by atoms with van der Waals surface area (Å²) < 4.78 is 0. The van der Waals surface area contributed by atoms with Gasteiger partial charge in [-0.15, -0.1) is 0 Å². The molecule has 0 atom stereocenters. The Hall–Kier alpha value is -1.09. The summed E-state index contributed by atoms with van der Waals surface area (Å²) in [4.78, 5) is 0.413. The summed E-state index contributed by atoms with van der Waals surface area (Å²) in [6, 6.07) is 5.65. The normalized spacial score (nSPS) is 10.4. The van der Waals surface area contributed by atoms with Gasteiger partial charge in [0.1, 0.15) is 4.99 Å². The van der Waals surface area contributed by atoms with E-state index in [1.165, 1.54) is 0 Å². The van der Waals surface area contributed by atoms with Crippen molar-refractivity contribution in [3.63, 3.8) is 0 Å². The molecule has 1 aromatic carbocycles. The molecule has 0 aliphatic heterocycles. The van der Waals surface area contributed by atoms with Crippen LogP contribution >= 0.6 is 12.2 Å². The van der Waals surface area contributed by atoms with Gasteiger partial charge >= 0.3 is 0 Å². The van der Waals surface area contributed by atoms with Crippen LogP contribution < -0.4 is 11.5 Å². The van der Waals surface area contributed by atoms with Crippen molar-refractivity contribution in [2.75, 3.05) is 5.73 Å². The van der Waals surface area contributed by atoms with Crippen molar-refractivity contribution in [1.82, 2.24) is 0 Å². The third kappa shape index (κ3) is 1.98. The zero-order valence-electron chi connectivity index (χ0n) is 7.87. The van der Waals surface area contributed by atoms with Crippen LogP contribution in [0.1, 0.15) is 30.9 Å². The number of anilines is 1. The molecular weight excluding hydrogens is 180 g/mol. The first-order chi connectivity index (χ1) is 6.04. The minimum atomic E-state index is 0.345. The van der Waals surface area contributed by atoms with Crippen molar-refractivity contribution in [2.45, 2.75) is 19.8 Å². The van der Waals surface area contributed by atoms with Crippen LogP contribution in [0.4, 0.5) is 5.69 Å².